The molecule has 1 aliphatic carbocycles. The van der Waals surface area contributed by atoms with Crippen LogP contribution in [0, 0.1) is 17.8 Å². The van der Waals surface area contributed by atoms with E-state index in [0.717, 1.165) is 32.6 Å². The third-order valence-corrected chi connectivity index (χ3v) is 6.10. The van der Waals surface area contributed by atoms with E-state index in [1.165, 1.54) is 37.8 Å². The third kappa shape index (κ3) is 3.22. The van der Waals surface area contributed by atoms with E-state index in [2.05, 4.69) is 20.9 Å². The average molecular weight is 313 g/mol. The Morgan fingerprint density at radius 1 is 1.13 bits per heavy atom. The van der Waals surface area contributed by atoms with E-state index >= 15 is 0 Å². The van der Waals surface area contributed by atoms with Gasteiger partial charge in [0.25, 0.3) is 0 Å². The van der Waals surface area contributed by atoms with E-state index in [9.17, 15) is 4.79 Å². The lowest BCUT2D eigenvalue weighted by Gasteiger charge is -2.35. The van der Waals surface area contributed by atoms with Crippen molar-refractivity contribution in [3.05, 3.63) is 24.5 Å². The summed E-state index contributed by atoms with van der Waals surface area (Å²) in [5, 5.41) is 0. The summed E-state index contributed by atoms with van der Waals surface area (Å²) in [5.41, 5.74) is 1.22. The van der Waals surface area contributed by atoms with Crippen LogP contribution >= 0.6 is 0 Å². The molecule has 4 heteroatoms. The van der Waals surface area contributed by atoms with Crippen molar-refractivity contribution in [1.29, 1.82) is 0 Å². The van der Waals surface area contributed by atoms with Gasteiger partial charge in [-0.25, -0.2) is 0 Å². The zero-order valence-corrected chi connectivity index (χ0v) is 13.9. The predicted molar refractivity (Wildman–Crippen MR) is 91.2 cm³/mol. The second-order valence-corrected chi connectivity index (χ2v) is 7.62. The maximum Gasteiger partial charge on any atom is 0.222 e. The smallest absolute Gasteiger partial charge is 0.222 e. The van der Waals surface area contributed by atoms with Crippen LogP contribution in [0.4, 0.5) is 5.69 Å². The van der Waals surface area contributed by atoms with Crippen LogP contribution in [0.15, 0.2) is 24.5 Å². The van der Waals surface area contributed by atoms with E-state index < -0.39 is 0 Å². The number of hydrogen-bond acceptors (Lipinski definition) is 3. The van der Waals surface area contributed by atoms with Gasteiger partial charge in [-0.1, -0.05) is 12.8 Å². The molecule has 2 atom stereocenters. The first-order valence-corrected chi connectivity index (χ1v) is 9.22. The summed E-state index contributed by atoms with van der Waals surface area (Å²) in [6, 6.07) is 4.15. The highest BCUT2D eigenvalue weighted by molar-refractivity contribution is 5.76. The largest absolute Gasteiger partial charge is 0.370 e. The topological polar surface area (TPSA) is 36.4 Å². The fraction of sp³-hybridized carbons (Fsp3) is 0.684. The minimum Gasteiger partial charge on any atom is -0.370 e. The molecule has 0 bridgehead atoms. The van der Waals surface area contributed by atoms with Gasteiger partial charge < -0.3 is 9.80 Å². The van der Waals surface area contributed by atoms with Crippen molar-refractivity contribution in [2.45, 2.75) is 38.5 Å². The summed E-state index contributed by atoms with van der Waals surface area (Å²) in [5.74, 6) is 2.42. The highest BCUT2D eigenvalue weighted by Crippen LogP contribution is 2.35. The first-order chi connectivity index (χ1) is 11.3. The number of carbonyl (C=O) groups is 1. The summed E-state index contributed by atoms with van der Waals surface area (Å²) in [6.07, 6.45) is 11.0. The Morgan fingerprint density at radius 2 is 1.96 bits per heavy atom. The van der Waals surface area contributed by atoms with Gasteiger partial charge in [0.05, 0.1) is 11.9 Å². The predicted octanol–water partition coefficient (Wildman–Crippen LogP) is 2.95. The molecule has 1 amide bonds. The van der Waals surface area contributed by atoms with Gasteiger partial charge in [-0.2, -0.15) is 0 Å². The molecule has 0 radical (unpaired) electrons. The van der Waals surface area contributed by atoms with Gasteiger partial charge >= 0.3 is 0 Å². The van der Waals surface area contributed by atoms with Crippen molar-refractivity contribution in [2.24, 2.45) is 17.8 Å². The van der Waals surface area contributed by atoms with E-state index in [1.54, 1.807) is 0 Å². The molecule has 23 heavy (non-hydrogen) atoms. The maximum absolute atomic E-state index is 12.6. The number of likely N-dealkylation sites (tertiary alicyclic amines) is 1. The van der Waals surface area contributed by atoms with Crippen LogP contribution in [0.5, 0.6) is 0 Å². The molecule has 0 N–H and O–H groups in total. The first kappa shape index (κ1) is 15.0. The molecule has 2 aliphatic heterocycles. The molecule has 0 unspecified atom stereocenters. The molecule has 0 aromatic carbocycles. The Bertz CT molecular complexity index is 541. The van der Waals surface area contributed by atoms with E-state index in [0.29, 0.717) is 23.7 Å². The quantitative estimate of drug-likeness (QED) is 0.861. The van der Waals surface area contributed by atoms with Crippen molar-refractivity contribution >= 4 is 11.6 Å². The van der Waals surface area contributed by atoms with Crippen LogP contribution in [0.1, 0.15) is 38.5 Å². The lowest BCUT2D eigenvalue weighted by Crippen LogP contribution is -2.40. The van der Waals surface area contributed by atoms with Crippen molar-refractivity contribution in [1.82, 2.24) is 9.88 Å². The monoisotopic (exact) mass is 313 g/mol. The van der Waals surface area contributed by atoms with Gasteiger partial charge in [-0.05, 0) is 49.1 Å². The van der Waals surface area contributed by atoms with Crippen molar-refractivity contribution in [3.63, 3.8) is 0 Å². The van der Waals surface area contributed by atoms with Gasteiger partial charge in [-0.3, -0.25) is 9.78 Å². The van der Waals surface area contributed by atoms with E-state index in [4.69, 9.17) is 0 Å². The van der Waals surface area contributed by atoms with Crippen molar-refractivity contribution < 1.29 is 4.79 Å². The second-order valence-electron chi connectivity index (χ2n) is 7.62. The molecule has 4 rings (SSSR count). The summed E-state index contributed by atoms with van der Waals surface area (Å²) in [4.78, 5) is 21.4. The molecule has 2 saturated heterocycles. The number of rotatable bonds is 3. The maximum atomic E-state index is 12.6. The van der Waals surface area contributed by atoms with E-state index in [-0.39, 0.29) is 0 Å². The highest BCUT2D eigenvalue weighted by atomic mass is 16.2. The number of aromatic nitrogens is 1. The summed E-state index contributed by atoms with van der Waals surface area (Å²) in [6.45, 7) is 4.13. The number of fused-ring (bicyclic) bond motifs is 1. The first-order valence-electron chi connectivity index (χ1n) is 9.22. The highest BCUT2D eigenvalue weighted by Gasteiger charge is 2.39. The van der Waals surface area contributed by atoms with Crippen molar-refractivity contribution in [2.75, 3.05) is 31.1 Å². The normalized spacial score (nSPS) is 28.2. The Hall–Kier alpha value is -1.58. The number of piperidine rings is 1. The summed E-state index contributed by atoms with van der Waals surface area (Å²) in [7, 11) is 0. The molecular weight excluding hydrogens is 286 g/mol. The van der Waals surface area contributed by atoms with Crippen LogP contribution in [0.25, 0.3) is 0 Å². The molecule has 3 fully saturated rings. The summed E-state index contributed by atoms with van der Waals surface area (Å²) < 4.78 is 0. The van der Waals surface area contributed by atoms with Crippen LogP contribution < -0.4 is 4.90 Å². The molecule has 1 aromatic rings. The van der Waals surface area contributed by atoms with E-state index in [1.807, 2.05) is 18.5 Å². The molecule has 3 heterocycles. The van der Waals surface area contributed by atoms with Crippen LogP contribution in [-0.4, -0.2) is 42.0 Å². The fourth-order valence-electron chi connectivity index (χ4n) is 4.74. The summed E-state index contributed by atoms with van der Waals surface area (Å²) >= 11 is 0. The van der Waals surface area contributed by atoms with Gasteiger partial charge in [0.2, 0.25) is 5.91 Å². The number of carbonyl (C=O) groups excluding carboxylic acids is 1. The zero-order chi connectivity index (χ0) is 15.6. The standard InChI is InChI=1S/C19H27N3O/c23-19(10-15-4-1-2-5-15)22-12-16-7-9-21(13-17(16)14-22)18-6-3-8-20-11-18/h3,6,8,11,15-17H,1-2,4-5,7,9-10,12-14H2/t16-,17+/m0/s1. The van der Waals surface area contributed by atoms with Gasteiger partial charge in [0.15, 0.2) is 0 Å². The molecule has 124 valence electrons. The van der Waals surface area contributed by atoms with Gasteiger partial charge in [0.1, 0.15) is 0 Å². The average Bonchev–Trinajstić information content (AvgIpc) is 3.24. The van der Waals surface area contributed by atoms with Crippen molar-refractivity contribution in [3.8, 4) is 0 Å². The fourth-order valence-corrected chi connectivity index (χ4v) is 4.74. The lowest BCUT2D eigenvalue weighted by atomic mass is 9.88. The van der Waals surface area contributed by atoms with Crippen LogP contribution in [0.2, 0.25) is 0 Å². The third-order valence-electron chi connectivity index (χ3n) is 6.10. The molecular formula is C19H27N3O. The Balaban J connectivity index is 1.35. The van der Waals surface area contributed by atoms with Gasteiger partial charge in [0, 0.05) is 38.8 Å². The number of pyridine rings is 1. The van der Waals surface area contributed by atoms with Crippen LogP contribution in [0.3, 0.4) is 0 Å². The molecule has 4 nitrogen and oxygen atoms in total. The Kier molecular flexibility index (Phi) is 4.23. The SMILES string of the molecule is O=C(CC1CCCC1)N1C[C@@H]2CCN(c3cccnc3)C[C@@H]2C1. The molecule has 0 spiro atoms. The minimum absolute atomic E-state index is 0.416. The van der Waals surface area contributed by atoms with Crippen LogP contribution in [-0.2, 0) is 4.79 Å². The van der Waals surface area contributed by atoms with Gasteiger partial charge in [-0.15, -0.1) is 0 Å². The number of hydrogen-bond donors (Lipinski definition) is 0. The lowest BCUT2D eigenvalue weighted by molar-refractivity contribution is -0.131. The Labute approximate surface area is 138 Å². The molecule has 1 aromatic heterocycles. The number of amides is 1. The molecule has 1 saturated carbocycles. The number of nitrogens with zero attached hydrogens (tertiary/aromatic N) is 3. The molecule has 3 aliphatic rings. The zero-order valence-electron chi connectivity index (χ0n) is 13.9. The Morgan fingerprint density at radius 3 is 2.74 bits per heavy atom. The minimum atomic E-state index is 0.416. The number of anilines is 1. The second kappa shape index (κ2) is 6.50.